The van der Waals surface area contributed by atoms with Gasteiger partial charge in [0, 0.05) is 18.2 Å². The van der Waals surface area contributed by atoms with E-state index in [1.54, 1.807) is 11.0 Å². The van der Waals surface area contributed by atoms with Crippen LogP contribution in [0.5, 0.6) is 0 Å². The molecule has 0 N–H and O–H groups in total. The molecule has 2 saturated heterocycles. The van der Waals surface area contributed by atoms with Gasteiger partial charge in [-0.2, -0.15) is 0 Å². The van der Waals surface area contributed by atoms with Crippen molar-refractivity contribution in [2.45, 2.75) is 25.9 Å². The van der Waals surface area contributed by atoms with E-state index in [0.29, 0.717) is 21.5 Å². The van der Waals surface area contributed by atoms with Crippen LogP contribution in [0.3, 0.4) is 0 Å². The highest BCUT2D eigenvalue weighted by atomic mass is 32.2. The molecule has 2 fully saturated rings. The average molecular weight is 386 g/mol. The second-order valence-electron chi connectivity index (χ2n) is 6.44. The highest BCUT2D eigenvalue weighted by Crippen LogP contribution is 2.34. The topological polar surface area (TPSA) is 42.7 Å². The number of ether oxygens (including phenoxy) is 1. The molecule has 26 heavy (non-hydrogen) atoms. The van der Waals surface area contributed by atoms with Crippen molar-refractivity contribution in [3.05, 3.63) is 52.6 Å². The molecule has 0 spiro atoms. The molecule has 3 heterocycles. The van der Waals surface area contributed by atoms with E-state index in [1.165, 1.54) is 11.8 Å². The first-order chi connectivity index (χ1) is 12.6. The minimum Gasteiger partial charge on any atom is -0.457 e. The molecular formula is C20H19NO3S2. The van der Waals surface area contributed by atoms with Crippen LogP contribution in [0.25, 0.3) is 17.4 Å². The summed E-state index contributed by atoms with van der Waals surface area (Å²) in [6.07, 6.45) is 3.89. The zero-order valence-corrected chi connectivity index (χ0v) is 16.1. The van der Waals surface area contributed by atoms with Gasteiger partial charge in [-0.1, -0.05) is 48.2 Å². The van der Waals surface area contributed by atoms with Gasteiger partial charge in [0.15, 0.2) is 0 Å². The Hall–Kier alpha value is -1.89. The van der Waals surface area contributed by atoms with Crippen LogP contribution in [0.1, 0.15) is 24.2 Å². The third-order valence-corrected chi connectivity index (χ3v) is 5.97. The largest absolute Gasteiger partial charge is 0.457 e. The Morgan fingerprint density at radius 2 is 2.15 bits per heavy atom. The zero-order chi connectivity index (χ0) is 18.1. The molecule has 0 saturated carbocycles. The zero-order valence-electron chi connectivity index (χ0n) is 14.4. The van der Waals surface area contributed by atoms with Gasteiger partial charge >= 0.3 is 0 Å². The molecule has 0 aliphatic carbocycles. The Kier molecular flexibility index (Phi) is 4.98. The number of furan rings is 1. The van der Waals surface area contributed by atoms with Gasteiger partial charge in [-0.25, -0.2) is 0 Å². The fourth-order valence-electron chi connectivity index (χ4n) is 3.20. The summed E-state index contributed by atoms with van der Waals surface area (Å²) in [6, 6.07) is 11.9. The summed E-state index contributed by atoms with van der Waals surface area (Å²) in [6.45, 7) is 3.35. The molecule has 1 unspecified atom stereocenters. The molecule has 4 nitrogen and oxygen atoms in total. The summed E-state index contributed by atoms with van der Waals surface area (Å²) >= 11 is 6.71. The lowest BCUT2D eigenvalue weighted by atomic mass is 10.1. The standard InChI is InChI=1S/C20H19NO3S2/c1-13-5-2-3-7-16(13)17-9-8-14(24-17)11-18-19(22)21(20(25)26-18)12-15-6-4-10-23-15/h2-3,5,7-9,11,15H,4,6,10,12H2,1H3/b18-11-. The summed E-state index contributed by atoms with van der Waals surface area (Å²) in [5, 5.41) is 0. The first-order valence-electron chi connectivity index (χ1n) is 8.64. The van der Waals surface area contributed by atoms with Crippen LogP contribution in [0.15, 0.2) is 45.7 Å². The van der Waals surface area contributed by atoms with Crippen molar-refractivity contribution in [2.24, 2.45) is 0 Å². The molecule has 2 aliphatic heterocycles. The first-order valence-corrected chi connectivity index (χ1v) is 9.87. The maximum Gasteiger partial charge on any atom is 0.266 e. The lowest BCUT2D eigenvalue weighted by Gasteiger charge is -2.18. The lowest BCUT2D eigenvalue weighted by Crippen LogP contribution is -2.35. The summed E-state index contributed by atoms with van der Waals surface area (Å²) in [4.78, 5) is 14.9. The third kappa shape index (κ3) is 3.49. The quantitative estimate of drug-likeness (QED) is 0.567. The number of carbonyl (C=O) groups is 1. The molecule has 0 radical (unpaired) electrons. The smallest absolute Gasteiger partial charge is 0.266 e. The van der Waals surface area contributed by atoms with Crippen molar-refractivity contribution in [3.63, 3.8) is 0 Å². The van der Waals surface area contributed by atoms with Gasteiger partial charge in [0.2, 0.25) is 0 Å². The Bertz CT molecular complexity index is 881. The molecule has 4 rings (SSSR count). The molecule has 2 aromatic rings. The first kappa shape index (κ1) is 17.5. The predicted octanol–water partition coefficient (Wildman–Crippen LogP) is 4.64. The Morgan fingerprint density at radius 3 is 2.92 bits per heavy atom. The van der Waals surface area contributed by atoms with Crippen LogP contribution < -0.4 is 0 Å². The Labute approximate surface area is 162 Å². The van der Waals surface area contributed by atoms with Gasteiger partial charge in [-0.05, 0) is 37.5 Å². The van der Waals surface area contributed by atoms with Crippen molar-refractivity contribution in [2.75, 3.05) is 13.2 Å². The number of thioether (sulfide) groups is 1. The van der Waals surface area contributed by atoms with Crippen LogP contribution in [0.4, 0.5) is 0 Å². The molecule has 134 valence electrons. The molecule has 6 heteroatoms. The summed E-state index contributed by atoms with van der Waals surface area (Å²) in [5.41, 5.74) is 2.20. The molecule has 2 aliphatic rings. The van der Waals surface area contributed by atoms with E-state index >= 15 is 0 Å². The number of aryl methyl sites for hydroxylation is 1. The van der Waals surface area contributed by atoms with Gasteiger partial charge in [0.05, 0.1) is 17.6 Å². The molecule has 1 atom stereocenters. The second kappa shape index (κ2) is 7.39. The molecule has 0 bridgehead atoms. The number of benzene rings is 1. The van der Waals surface area contributed by atoms with E-state index in [2.05, 4.69) is 0 Å². The van der Waals surface area contributed by atoms with E-state index in [0.717, 1.165) is 36.3 Å². The maximum absolute atomic E-state index is 12.7. The Morgan fingerprint density at radius 1 is 1.31 bits per heavy atom. The van der Waals surface area contributed by atoms with Gasteiger partial charge in [-0.15, -0.1) is 0 Å². The third-order valence-electron chi connectivity index (χ3n) is 4.59. The summed E-state index contributed by atoms with van der Waals surface area (Å²) < 4.78 is 12.1. The minimum absolute atomic E-state index is 0.0654. The molecule has 1 amide bonds. The molecule has 1 aromatic carbocycles. The number of nitrogens with zero attached hydrogens (tertiary/aromatic N) is 1. The highest BCUT2D eigenvalue weighted by molar-refractivity contribution is 8.26. The SMILES string of the molecule is Cc1ccccc1-c1ccc(/C=C2\SC(=S)N(CC3CCCO3)C2=O)o1. The lowest BCUT2D eigenvalue weighted by molar-refractivity contribution is -0.123. The minimum atomic E-state index is -0.0654. The number of rotatable bonds is 4. The van der Waals surface area contributed by atoms with E-state index in [9.17, 15) is 4.79 Å². The summed E-state index contributed by atoms with van der Waals surface area (Å²) in [7, 11) is 0. The van der Waals surface area contributed by atoms with Gasteiger partial charge in [-0.3, -0.25) is 9.69 Å². The van der Waals surface area contributed by atoms with Crippen molar-refractivity contribution in [1.82, 2.24) is 4.90 Å². The Balaban J connectivity index is 1.53. The van der Waals surface area contributed by atoms with Crippen molar-refractivity contribution in [3.8, 4) is 11.3 Å². The van der Waals surface area contributed by atoms with E-state index in [-0.39, 0.29) is 12.0 Å². The van der Waals surface area contributed by atoms with E-state index < -0.39 is 0 Å². The number of carbonyl (C=O) groups excluding carboxylic acids is 1. The maximum atomic E-state index is 12.7. The van der Waals surface area contributed by atoms with Gasteiger partial charge in [0.25, 0.3) is 5.91 Å². The van der Waals surface area contributed by atoms with E-state index in [4.69, 9.17) is 21.4 Å². The van der Waals surface area contributed by atoms with Crippen LogP contribution >= 0.6 is 24.0 Å². The number of thiocarbonyl (C=S) groups is 1. The van der Waals surface area contributed by atoms with Crippen molar-refractivity contribution >= 4 is 40.3 Å². The second-order valence-corrected chi connectivity index (χ2v) is 8.12. The predicted molar refractivity (Wildman–Crippen MR) is 108 cm³/mol. The fraction of sp³-hybridized carbons (Fsp3) is 0.300. The van der Waals surface area contributed by atoms with Crippen molar-refractivity contribution < 1.29 is 13.9 Å². The number of hydrogen-bond donors (Lipinski definition) is 0. The van der Waals surface area contributed by atoms with Crippen LogP contribution in [-0.4, -0.2) is 34.4 Å². The van der Waals surface area contributed by atoms with Crippen LogP contribution in [0, 0.1) is 6.92 Å². The normalized spacial score (nSPS) is 22.0. The molecule has 1 aromatic heterocycles. The highest BCUT2D eigenvalue weighted by Gasteiger charge is 2.34. The van der Waals surface area contributed by atoms with Crippen molar-refractivity contribution in [1.29, 1.82) is 0 Å². The fourth-order valence-corrected chi connectivity index (χ4v) is 4.46. The molecular weight excluding hydrogens is 366 g/mol. The number of hydrogen-bond acceptors (Lipinski definition) is 5. The van der Waals surface area contributed by atoms with Gasteiger partial charge < -0.3 is 9.15 Å². The van der Waals surface area contributed by atoms with Crippen LogP contribution in [-0.2, 0) is 9.53 Å². The number of amides is 1. The van der Waals surface area contributed by atoms with Gasteiger partial charge in [0.1, 0.15) is 15.8 Å². The monoisotopic (exact) mass is 385 g/mol. The van der Waals surface area contributed by atoms with E-state index in [1.807, 2.05) is 43.3 Å². The summed E-state index contributed by atoms with van der Waals surface area (Å²) in [5.74, 6) is 1.38. The van der Waals surface area contributed by atoms with Crippen LogP contribution in [0.2, 0.25) is 0 Å². The average Bonchev–Trinajstić information content (AvgIpc) is 3.35.